The van der Waals surface area contributed by atoms with E-state index in [0.29, 0.717) is 6.54 Å². The third-order valence-corrected chi connectivity index (χ3v) is 3.43. The molecule has 7 heteroatoms. The molecule has 0 spiro atoms. The van der Waals surface area contributed by atoms with Gasteiger partial charge in [0.25, 0.3) is 0 Å². The average molecular weight is 271 g/mol. The van der Waals surface area contributed by atoms with E-state index < -0.39 is 0 Å². The molecule has 2 heterocycles. The van der Waals surface area contributed by atoms with Gasteiger partial charge in [-0.2, -0.15) is 5.10 Å². The van der Waals surface area contributed by atoms with Crippen LogP contribution in [0.5, 0.6) is 0 Å². The fourth-order valence-electron chi connectivity index (χ4n) is 1.33. The molecule has 5 nitrogen and oxygen atoms in total. The molecule has 2 rings (SSSR count). The number of nitrogens with zero attached hydrogens (tertiary/aromatic N) is 4. The summed E-state index contributed by atoms with van der Waals surface area (Å²) in [6.07, 6.45) is 2.93. The number of carbonyl (C=O) groups is 1. The van der Waals surface area contributed by atoms with Crippen LogP contribution in [-0.2, 0) is 17.9 Å². The van der Waals surface area contributed by atoms with E-state index in [9.17, 15) is 4.79 Å². The van der Waals surface area contributed by atoms with Gasteiger partial charge in [-0.05, 0) is 12.1 Å². The van der Waals surface area contributed by atoms with Crippen LogP contribution in [0.15, 0.2) is 24.8 Å². The quantitative estimate of drug-likeness (QED) is 0.849. The molecule has 0 bridgehead atoms. The van der Waals surface area contributed by atoms with Gasteiger partial charge in [0.1, 0.15) is 19.2 Å². The lowest BCUT2D eigenvalue weighted by Crippen LogP contribution is -2.29. The maximum atomic E-state index is 11.8. The first-order chi connectivity index (χ1) is 8.15. The first kappa shape index (κ1) is 12.1. The maximum Gasteiger partial charge on any atom is 0.244 e. The smallest absolute Gasteiger partial charge is 0.244 e. The molecule has 0 saturated heterocycles. The van der Waals surface area contributed by atoms with E-state index in [2.05, 4.69) is 10.1 Å². The van der Waals surface area contributed by atoms with E-state index in [0.717, 1.165) is 9.21 Å². The van der Waals surface area contributed by atoms with Gasteiger partial charge in [0.2, 0.25) is 5.91 Å². The highest BCUT2D eigenvalue weighted by Gasteiger charge is 2.11. The average Bonchev–Trinajstić information content (AvgIpc) is 2.90. The first-order valence-corrected chi connectivity index (χ1v) is 6.15. The van der Waals surface area contributed by atoms with Crippen LogP contribution in [0.1, 0.15) is 4.88 Å². The zero-order valence-corrected chi connectivity index (χ0v) is 10.8. The fraction of sp³-hybridized carbons (Fsp3) is 0.300. The van der Waals surface area contributed by atoms with Crippen molar-refractivity contribution in [3.63, 3.8) is 0 Å². The molecule has 0 saturated carbocycles. The van der Waals surface area contributed by atoms with E-state index in [1.165, 1.54) is 28.7 Å². The third kappa shape index (κ3) is 3.28. The number of carbonyl (C=O) groups excluding carboxylic acids is 1. The third-order valence-electron chi connectivity index (χ3n) is 2.21. The van der Waals surface area contributed by atoms with Crippen LogP contribution in [0.3, 0.4) is 0 Å². The number of hydrogen-bond donors (Lipinski definition) is 0. The Kier molecular flexibility index (Phi) is 3.75. The van der Waals surface area contributed by atoms with Crippen LogP contribution < -0.4 is 0 Å². The molecule has 0 aliphatic heterocycles. The summed E-state index contributed by atoms with van der Waals surface area (Å²) >= 11 is 7.31. The molecular weight excluding hydrogens is 260 g/mol. The fourth-order valence-corrected chi connectivity index (χ4v) is 2.47. The highest BCUT2D eigenvalue weighted by atomic mass is 35.5. The largest absolute Gasteiger partial charge is 0.339 e. The molecule has 0 aromatic carbocycles. The van der Waals surface area contributed by atoms with Crippen LogP contribution in [0, 0.1) is 0 Å². The lowest BCUT2D eigenvalue weighted by atomic mass is 10.4. The van der Waals surface area contributed by atoms with Crippen molar-refractivity contribution in [2.75, 3.05) is 7.05 Å². The molecule has 0 atom stereocenters. The van der Waals surface area contributed by atoms with Gasteiger partial charge in [-0.25, -0.2) is 9.67 Å². The Morgan fingerprint density at radius 2 is 2.41 bits per heavy atom. The zero-order valence-electron chi connectivity index (χ0n) is 9.21. The van der Waals surface area contributed by atoms with Crippen molar-refractivity contribution in [3.8, 4) is 0 Å². The molecule has 0 unspecified atom stereocenters. The van der Waals surface area contributed by atoms with Crippen LogP contribution in [0.4, 0.5) is 0 Å². The van der Waals surface area contributed by atoms with Crippen LogP contribution in [-0.4, -0.2) is 32.6 Å². The topological polar surface area (TPSA) is 51.0 Å². The van der Waals surface area contributed by atoms with E-state index in [1.807, 2.05) is 12.1 Å². The summed E-state index contributed by atoms with van der Waals surface area (Å²) in [5.74, 6) is -0.0139. The van der Waals surface area contributed by atoms with Gasteiger partial charge in [-0.1, -0.05) is 11.6 Å². The van der Waals surface area contributed by atoms with Gasteiger partial charge in [0.15, 0.2) is 0 Å². The van der Waals surface area contributed by atoms with Gasteiger partial charge in [0, 0.05) is 11.9 Å². The van der Waals surface area contributed by atoms with Crippen molar-refractivity contribution in [1.82, 2.24) is 19.7 Å². The minimum absolute atomic E-state index is 0.0139. The molecule has 17 heavy (non-hydrogen) atoms. The summed E-state index contributed by atoms with van der Waals surface area (Å²) in [5.41, 5.74) is 0. The number of aromatic nitrogens is 3. The second kappa shape index (κ2) is 5.29. The van der Waals surface area contributed by atoms with Crippen molar-refractivity contribution in [1.29, 1.82) is 0 Å². The Balaban J connectivity index is 1.91. The molecule has 0 N–H and O–H groups in total. The Labute approximate surface area is 108 Å². The van der Waals surface area contributed by atoms with Crippen LogP contribution in [0.25, 0.3) is 0 Å². The summed E-state index contributed by atoms with van der Waals surface area (Å²) in [7, 11) is 1.76. The highest BCUT2D eigenvalue weighted by molar-refractivity contribution is 7.16. The monoisotopic (exact) mass is 270 g/mol. The van der Waals surface area contributed by atoms with Crippen molar-refractivity contribution >= 4 is 28.8 Å². The van der Waals surface area contributed by atoms with Crippen LogP contribution >= 0.6 is 22.9 Å². The lowest BCUT2D eigenvalue weighted by Gasteiger charge is -2.15. The van der Waals surface area contributed by atoms with E-state index >= 15 is 0 Å². The standard InChI is InChI=1S/C10H11ClN4OS/c1-14(4-8-2-3-9(11)17-8)10(16)5-15-7-12-6-13-15/h2-3,6-7H,4-5H2,1H3. The molecule has 2 aromatic rings. The predicted octanol–water partition coefficient (Wildman–Crippen LogP) is 1.65. The highest BCUT2D eigenvalue weighted by Crippen LogP contribution is 2.22. The van der Waals surface area contributed by atoms with E-state index in [1.54, 1.807) is 11.9 Å². The summed E-state index contributed by atoms with van der Waals surface area (Å²) in [6.45, 7) is 0.764. The van der Waals surface area contributed by atoms with Crippen molar-refractivity contribution in [2.45, 2.75) is 13.1 Å². The minimum atomic E-state index is -0.0139. The van der Waals surface area contributed by atoms with Crippen molar-refractivity contribution in [2.24, 2.45) is 0 Å². The van der Waals surface area contributed by atoms with Crippen molar-refractivity contribution in [3.05, 3.63) is 34.0 Å². The molecule has 0 aliphatic carbocycles. The number of rotatable bonds is 4. The number of amides is 1. The summed E-state index contributed by atoms with van der Waals surface area (Å²) in [4.78, 5) is 18.3. The number of halogens is 1. The van der Waals surface area contributed by atoms with Crippen molar-refractivity contribution < 1.29 is 4.79 Å². The van der Waals surface area contributed by atoms with E-state index in [-0.39, 0.29) is 12.5 Å². The normalized spacial score (nSPS) is 10.5. The molecule has 0 aliphatic rings. The number of hydrogen-bond acceptors (Lipinski definition) is 4. The van der Waals surface area contributed by atoms with Gasteiger partial charge < -0.3 is 4.90 Å². The van der Waals surface area contributed by atoms with Gasteiger partial charge in [-0.15, -0.1) is 11.3 Å². The Bertz CT molecular complexity index is 496. The molecular formula is C10H11ClN4OS. The summed E-state index contributed by atoms with van der Waals surface area (Å²) in [5, 5.41) is 3.89. The SMILES string of the molecule is CN(Cc1ccc(Cl)s1)C(=O)Cn1cncn1. The first-order valence-electron chi connectivity index (χ1n) is 4.96. The Hall–Kier alpha value is -1.40. The Morgan fingerprint density at radius 1 is 1.59 bits per heavy atom. The molecule has 0 radical (unpaired) electrons. The van der Waals surface area contributed by atoms with E-state index in [4.69, 9.17) is 11.6 Å². The molecule has 2 aromatic heterocycles. The second-order valence-corrected chi connectivity index (χ2v) is 5.35. The summed E-state index contributed by atoms with van der Waals surface area (Å²) < 4.78 is 2.23. The minimum Gasteiger partial charge on any atom is -0.339 e. The second-order valence-electron chi connectivity index (χ2n) is 3.55. The number of likely N-dealkylation sites (N-methyl/N-ethyl adjacent to an activating group) is 1. The lowest BCUT2D eigenvalue weighted by molar-refractivity contribution is -0.131. The zero-order chi connectivity index (χ0) is 12.3. The Morgan fingerprint density at radius 3 is 3.00 bits per heavy atom. The molecule has 90 valence electrons. The van der Waals surface area contributed by atoms with Crippen LogP contribution in [0.2, 0.25) is 4.34 Å². The predicted molar refractivity (Wildman–Crippen MR) is 65.8 cm³/mol. The summed E-state index contributed by atoms with van der Waals surface area (Å²) in [6, 6.07) is 3.75. The van der Waals surface area contributed by atoms with Gasteiger partial charge >= 0.3 is 0 Å². The maximum absolute atomic E-state index is 11.8. The number of thiophene rings is 1. The molecule has 1 amide bonds. The van der Waals surface area contributed by atoms with Gasteiger partial charge in [-0.3, -0.25) is 4.79 Å². The van der Waals surface area contributed by atoms with Gasteiger partial charge in [0.05, 0.1) is 10.9 Å². The molecule has 0 fully saturated rings.